The fourth-order valence-corrected chi connectivity index (χ4v) is 2.88. The molecular formula is C14H18O4. The zero-order valence-electron chi connectivity index (χ0n) is 10.5. The van der Waals surface area contributed by atoms with Crippen LogP contribution in [0.4, 0.5) is 0 Å². The summed E-state index contributed by atoms with van der Waals surface area (Å²) in [7, 11) is 1.59. The van der Waals surface area contributed by atoms with Crippen molar-refractivity contribution in [2.45, 2.75) is 43.9 Å². The first-order valence-corrected chi connectivity index (χ1v) is 6.37. The van der Waals surface area contributed by atoms with Crippen LogP contribution in [0.15, 0.2) is 24.3 Å². The van der Waals surface area contributed by atoms with Gasteiger partial charge in [-0.2, -0.15) is 0 Å². The van der Waals surface area contributed by atoms with E-state index in [1.807, 2.05) is 24.3 Å². The highest BCUT2D eigenvalue weighted by molar-refractivity contribution is 5.34. The third kappa shape index (κ3) is 1.81. The van der Waals surface area contributed by atoms with Gasteiger partial charge in [0, 0.05) is 19.1 Å². The van der Waals surface area contributed by atoms with E-state index in [0.29, 0.717) is 6.61 Å². The van der Waals surface area contributed by atoms with E-state index < -0.39 is 18.0 Å². The van der Waals surface area contributed by atoms with Gasteiger partial charge in [0.1, 0.15) is 11.9 Å². The average Bonchev–Trinajstić information content (AvgIpc) is 2.39. The van der Waals surface area contributed by atoms with E-state index in [4.69, 9.17) is 14.2 Å². The molecule has 1 fully saturated rings. The van der Waals surface area contributed by atoms with Gasteiger partial charge in [-0.05, 0) is 18.9 Å². The smallest absolute Gasteiger partial charge is 0.239 e. The molecule has 1 heterocycles. The first kappa shape index (κ1) is 12.0. The number of hydrogen-bond donors (Lipinski definition) is 1. The minimum absolute atomic E-state index is 0.431. The molecule has 18 heavy (non-hydrogen) atoms. The molecule has 98 valence electrons. The molecule has 0 radical (unpaired) electrons. The van der Waals surface area contributed by atoms with Crippen molar-refractivity contribution in [1.29, 1.82) is 0 Å². The summed E-state index contributed by atoms with van der Waals surface area (Å²) in [5, 5.41) is 10.0. The Kier molecular flexibility index (Phi) is 3.01. The second kappa shape index (κ2) is 4.53. The number of rotatable bonds is 1. The molecule has 0 unspecified atom stereocenters. The van der Waals surface area contributed by atoms with E-state index in [9.17, 15) is 5.11 Å². The Morgan fingerprint density at radius 2 is 2.22 bits per heavy atom. The normalized spacial score (nSPS) is 35.0. The van der Waals surface area contributed by atoms with E-state index in [2.05, 4.69) is 0 Å². The van der Waals surface area contributed by atoms with Gasteiger partial charge in [0.25, 0.3) is 0 Å². The fraction of sp³-hybridized carbons (Fsp3) is 0.571. The lowest BCUT2D eigenvalue weighted by Crippen LogP contribution is -2.59. The fourth-order valence-electron chi connectivity index (χ4n) is 2.88. The summed E-state index contributed by atoms with van der Waals surface area (Å²) in [6.45, 7) is 0.503. The molecule has 1 aliphatic carbocycles. The molecule has 0 amide bonds. The number of methoxy groups -OCH3 is 1. The molecule has 2 aliphatic rings. The Morgan fingerprint density at radius 1 is 1.39 bits per heavy atom. The van der Waals surface area contributed by atoms with Crippen molar-refractivity contribution >= 4 is 0 Å². The van der Waals surface area contributed by atoms with Gasteiger partial charge in [0.05, 0.1) is 12.7 Å². The molecule has 3 atom stereocenters. The Bertz CT molecular complexity index is 434. The number of para-hydroxylation sites is 1. The highest BCUT2D eigenvalue weighted by Crippen LogP contribution is 2.41. The number of ether oxygens (including phenoxy) is 3. The predicted octanol–water partition coefficient (Wildman–Crippen LogP) is 1.85. The average molecular weight is 250 g/mol. The monoisotopic (exact) mass is 250 g/mol. The highest BCUT2D eigenvalue weighted by atomic mass is 16.7. The van der Waals surface area contributed by atoms with Crippen LogP contribution in [-0.2, 0) is 16.1 Å². The maximum absolute atomic E-state index is 10.0. The lowest BCUT2D eigenvalue weighted by molar-refractivity contribution is -0.294. The third-order valence-electron chi connectivity index (χ3n) is 3.79. The number of hydrogen-bond acceptors (Lipinski definition) is 4. The molecule has 4 nitrogen and oxygen atoms in total. The molecule has 1 aromatic carbocycles. The maximum atomic E-state index is 10.0. The van der Waals surface area contributed by atoms with Crippen molar-refractivity contribution in [3.05, 3.63) is 29.8 Å². The summed E-state index contributed by atoms with van der Waals surface area (Å²) < 4.78 is 17.3. The number of benzene rings is 1. The Hall–Kier alpha value is -1.10. The van der Waals surface area contributed by atoms with Crippen molar-refractivity contribution in [2.75, 3.05) is 7.11 Å². The standard InChI is InChI=1S/C14H18O4/c1-16-13-11(15)6-4-8-14(13)17-9-10-5-2-3-7-12(10)18-14/h2-3,5,7,11,13,15H,4,6,8-9H2,1H3/t11-,13-,14-/m0/s1. The molecule has 3 rings (SSSR count). The van der Waals surface area contributed by atoms with Crippen molar-refractivity contribution < 1.29 is 19.3 Å². The van der Waals surface area contributed by atoms with Gasteiger partial charge < -0.3 is 19.3 Å². The highest BCUT2D eigenvalue weighted by Gasteiger charge is 2.51. The van der Waals surface area contributed by atoms with Crippen LogP contribution in [0.2, 0.25) is 0 Å². The van der Waals surface area contributed by atoms with Crippen molar-refractivity contribution in [3.8, 4) is 5.75 Å². The summed E-state index contributed by atoms with van der Waals surface area (Å²) in [6, 6.07) is 7.84. The summed E-state index contributed by atoms with van der Waals surface area (Å²) in [5.41, 5.74) is 1.04. The lowest BCUT2D eigenvalue weighted by Gasteiger charge is -2.46. The minimum Gasteiger partial charge on any atom is -0.459 e. The van der Waals surface area contributed by atoms with E-state index in [0.717, 1.165) is 30.6 Å². The van der Waals surface area contributed by atoms with E-state index in [-0.39, 0.29) is 0 Å². The third-order valence-corrected chi connectivity index (χ3v) is 3.79. The van der Waals surface area contributed by atoms with Gasteiger partial charge in [-0.1, -0.05) is 18.2 Å². The summed E-state index contributed by atoms with van der Waals surface area (Å²) in [5.74, 6) is 0.000671. The predicted molar refractivity (Wildman–Crippen MR) is 65.2 cm³/mol. The second-order valence-electron chi connectivity index (χ2n) is 4.93. The van der Waals surface area contributed by atoms with Crippen LogP contribution in [0.1, 0.15) is 24.8 Å². The van der Waals surface area contributed by atoms with Crippen LogP contribution in [0.5, 0.6) is 5.75 Å². The quantitative estimate of drug-likeness (QED) is 0.826. The molecule has 0 aromatic heterocycles. The molecule has 1 aliphatic heterocycles. The first-order valence-electron chi connectivity index (χ1n) is 6.37. The van der Waals surface area contributed by atoms with Crippen LogP contribution >= 0.6 is 0 Å². The van der Waals surface area contributed by atoms with E-state index in [1.165, 1.54) is 0 Å². The summed E-state index contributed by atoms with van der Waals surface area (Å²) in [4.78, 5) is 0. The SMILES string of the molecule is CO[C@H]1[C@@H](O)CCC[C@@]12OCc1ccccc1O2. The molecule has 1 spiro atoms. The zero-order chi connectivity index (χ0) is 12.6. The van der Waals surface area contributed by atoms with Crippen molar-refractivity contribution in [3.63, 3.8) is 0 Å². The lowest BCUT2D eigenvalue weighted by atomic mass is 9.87. The second-order valence-corrected chi connectivity index (χ2v) is 4.93. The maximum Gasteiger partial charge on any atom is 0.239 e. The Balaban J connectivity index is 1.92. The molecule has 1 saturated carbocycles. The summed E-state index contributed by atoms with van der Waals surface area (Å²) in [6.07, 6.45) is 1.39. The zero-order valence-corrected chi connectivity index (χ0v) is 10.5. The molecule has 4 heteroatoms. The van der Waals surface area contributed by atoms with Gasteiger partial charge in [-0.15, -0.1) is 0 Å². The topological polar surface area (TPSA) is 47.9 Å². The Morgan fingerprint density at radius 3 is 3.06 bits per heavy atom. The molecule has 1 N–H and O–H groups in total. The van der Waals surface area contributed by atoms with Crippen LogP contribution < -0.4 is 4.74 Å². The van der Waals surface area contributed by atoms with Crippen molar-refractivity contribution in [2.24, 2.45) is 0 Å². The van der Waals surface area contributed by atoms with E-state index >= 15 is 0 Å². The molecule has 0 saturated heterocycles. The number of aliphatic hydroxyl groups is 1. The van der Waals surface area contributed by atoms with Gasteiger partial charge in [0.2, 0.25) is 5.79 Å². The summed E-state index contributed by atoms with van der Waals surface area (Å²) >= 11 is 0. The van der Waals surface area contributed by atoms with E-state index in [1.54, 1.807) is 7.11 Å². The molecule has 0 bridgehead atoms. The largest absolute Gasteiger partial charge is 0.459 e. The van der Waals surface area contributed by atoms with Gasteiger partial charge in [0.15, 0.2) is 0 Å². The van der Waals surface area contributed by atoms with Crippen LogP contribution in [-0.4, -0.2) is 30.2 Å². The van der Waals surface area contributed by atoms with Crippen LogP contribution in [0.3, 0.4) is 0 Å². The van der Waals surface area contributed by atoms with Crippen molar-refractivity contribution in [1.82, 2.24) is 0 Å². The Labute approximate surface area is 106 Å². The number of fused-ring (bicyclic) bond motifs is 1. The van der Waals surface area contributed by atoms with Gasteiger partial charge in [-0.3, -0.25) is 0 Å². The molecule has 1 aromatic rings. The molecular weight excluding hydrogens is 232 g/mol. The van der Waals surface area contributed by atoms with Gasteiger partial charge in [-0.25, -0.2) is 0 Å². The number of aliphatic hydroxyl groups excluding tert-OH is 1. The first-order chi connectivity index (χ1) is 8.75. The van der Waals surface area contributed by atoms with Gasteiger partial charge >= 0.3 is 0 Å². The van der Waals surface area contributed by atoms with Crippen LogP contribution in [0.25, 0.3) is 0 Å². The minimum atomic E-state index is -0.833. The van der Waals surface area contributed by atoms with Crippen LogP contribution in [0, 0.1) is 0 Å².